The Labute approximate surface area is 183 Å². The molecule has 8 heteroatoms. The first-order valence-corrected chi connectivity index (χ1v) is 11.0. The van der Waals surface area contributed by atoms with Crippen molar-refractivity contribution in [2.45, 2.75) is 18.9 Å². The number of nitrogens with zero attached hydrogens (tertiary/aromatic N) is 2. The summed E-state index contributed by atoms with van der Waals surface area (Å²) < 4.78 is 19.9. The Bertz CT molecular complexity index is 1350. The first kappa shape index (κ1) is 19.3. The third-order valence-electron chi connectivity index (χ3n) is 6.90. The fourth-order valence-electron chi connectivity index (χ4n) is 5.21. The van der Waals surface area contributed by atoms with E-state index >= 15 is 0 Å². The number of anilines is 1. The van der Waals surface area contributed by atoms with Crippen LogP contribution in [0.5, 0.6) is 5.75 Å². The van der Waals surface area contributed by atoms with Gasteiger partial charge in [0.1, 0.15) is 11.4 Å². The number of rotatable bonds is 4. The van der Waals surface area contributed by atoms with E-state index in [1.54, 1.807) is 0 Å². The van der Waals surface area contributed by atoms with E-state index < -0.39 is 5.82 Å². The van der Waals surface area contributed by atoms with Crippen LogP contribution in [0.3, 0.4) is 0 Å². The molecule has 0 unspecified atom stereocenters. The summed E-state index contributed by atoms with van der Waals surface area (Å²) in [4.78, 5) is 26.6. The highest BCUT2D eigenvalue weighted by molar-refractivity contribution is 5.99. The second kappa shape index (κ2) is 7.34. The molecule has 2 aromatic heterocycles. The van der Waals surface area contributed by atoms with E-state index in [2.05, 4.69) is 25.2 Å². The van der Waals surface area contributed by atoms with Gasteiger partial charge in [-0.3, -0.25) is 4.79 Å². The first-order chi connectivity index (χ1) is 15.6. The molecule has 0 spiro atoms. The van der Waals surface area contributed by atoms with E-state index in [4.69, 9.17) is 4.74 Å². The number of aromatic amines is 2. The number of halogens is 1. The summed E-state index contributed by atoms with van der Waals surface area (Å²) in [6.07, 6.45) is 2.25. The predicted molar refractivity (Wildman–Crippen MR) is 123 cm³/mol. The van der Waals surface area contributed by atoms with Gasteiger partial charge in [0.25, 0.3) is 5.56 Å². The maximum atomic E-state index is 14.8. The van der Waals surface area contributed by atoms with Crippen LogP contribution in [0.25, 0.3) is 33.3 Å². The Kier molecular flexibility index (Phi) is 4.43. The fraction of sp³-hybridized carbons (Fsp3) is 0.333. The minimum absolute atomic E-state index is 0.0958. The Hall–Kier alpha value is -3.39. The van der Waals surface area contributed by atoms with Crippen LogP contribution >= 0.6 is 0 Å². The number of piperidine rings is 3. The maximum Gasteiger partial charge on any atom is 0.261 e. The van der Waals surface area contributed by atoms with E-state index in [0.29, 0.717) is 33.9 Å². The summed E-state index contributed by atoms with van der Waals surface area (Å²) in [5.74, 6) is 0.619. The maximum absolute atomic E-state index is 14.8. The Morgan fingerprint density at radius 3 is 2.69 bits per heavy atom. The minimum Gasteiger partial charge on any atom is -0.494 e. The zero-order valence-corrected chi connectivity index (χ0v) is 17.7. The number of para-hydroxylation sites is 2. The smallest absolute Gasteiger partial charge is 0.261 e. The predicted octanol–water partition coefficient (Wildman–Crippen LogP) is 3.73. The number of hydrogen-bond acceptors (Lipinski definition) is 5. The summed E-state index contributed by atoms with van der Waals surface area (Å²) in [5, 5.41) is 4.25. The molecule has 3 aliphatic rings. The van der Waals surface area contributed by atoms with Crippen LogP contribution < -0.4 is 15.6 Å². The van der Waals surface area contributed by atoms with Crippen LogP contribution in [0.2, 0.25) is 0 Å². The van der Waals surface area contributed by atoms with Crippen molar-refractivity contribution in [2.75, 3.05) is 32.1 Å². The molecule has 2 bridgehead atoms. The number of ether oxygens (including phenoxy) is 1. The number of hydrogen-bond donors (Lipinski definition) is 3. The SMILES string of the molecule is COc1cc2[nH]c(=O)c(-c3nc4ccccc4[nH]3)c(N[C@@H]3CN4CCC3CC4)c2cc1F. The lowest BCUT2D eigenvalue weighted by molar-refractivity contribution is 0.0976. The fourth-order valence-corrected chi connectivity index (χ4v) is 5.21. The van der Waals surface area contributed by atoms with Crippen molar-refractivity contribution in [3.05, 3.63) is 52.6 Å². The second-order valence-electron chi connectivity index (χ2n) is 8.73. The molecule has 0 amide bonds. The normalized spacial score (nSPS) is 22.5. The number of methoxy groups -OCH3 is 1. The van der Waals surface area contributed by atoms with E-state index in [1.165, 1.54) is 19.2 Å². The van der Waals surface area contributed by atoms with Gasteiger partial charge in [-0.1, -0.05) is 12.1 Å². The summed E-state index contributed by atoms with van der Waals surface area (Å²) in [6.45, 7) is 3.14. The Morgan fingerprint density at radius 2 is 1.97 bits per heavy atom. The minimum atomic E-state index is -0.473. The third-order valence-corrected chi connectivity index (χ3v) is 6.90. The number of nitrogens with one attached hydrogen (secondary N) is 3. The quantitative estimate of drug-likeness (QED) is 0.457. The highest BCUT2D eigenvalue weighted by atomic mass is 19.1. The van der Waals surface area contributed by atoms with Gasteiger partial charge in [-0.15, -0.1) is 0 Å². The van der Waals surface area contributed by atoms with Gasteiger partial charge in [-0.25, -0.2) is 9.37 Å². The first-order valence-electron chi connectivity index (χ1n) is 11.0. The second-order valence-corrected chi connectivity index (χ2v) is 8.73. The highest BCUT2D eigenvalue weighted by Gasteiger charge is 2.35. The molecule has 164 valence electrons. The monoisotopic (exact) mass is 433 g/mol. The number of H-pyrrole nitrogens is 2. The molecular formula is C24H24FN5O2. The lowest BCUT2D eigenvalue weighted by Gasteiger charge is -2.45. The molecule has 0 radical (unpaired) electrons. The molecular weight excluding hydrogens is 409 g/mol. The molecule has 3 aliphatic heterocycles. The Morgan fingerprint density at radius 1 is 1.16 bits per heavy atom. The van der Waals surface area contributed by atoms with E-state index in [9.17, 15) is 9.18 Å². The van der Waals surface area contributed by atoms with Gasteiger partial charge < -0.3 is 24.9 Å². The van der Waals surface area contributed by atoms with Crippen molar-refractivity contribution in [1.29, 1.82) is 0 Å². The standard InChI is InChI=1S/C24H24FN5O2/c1-32-20-11-18-14(10-15(20)25)22(26-19-12-30-8-6-13(19)7-9-30)21(24(31)29-18)23-27-16-4-2-3-5-17(16)28-23/h2-5,10-11,13,19H,6-9,12H2,1H3,(H,27,28)(H2,26,29,31)/t19-/m1/s1. The molecule has 2 aromatic carbocycles. The van der Waals surface area contributed by atoms with Crippen LogP contribution in [-0.2, 0) is 0 Å². The van der Waals surface area contributed by atoms with E-state index in [1.807, 2.05) is 24.3 Å². The third kappa shape index (κ3) is 3.05. The lowest BCUT2D eigenvalue weighted by atomic mass is 9.83. The van der Waals surface area contributed by atoms with Crippen LogP contribution in [0.1, 0.15) is 12.8 Å². The summed E-state index contributed by atoms with van der Waals surface area (Å²) >= 11 is 0. The molecule has 0 saturated carbocycles. The number of imidazole rings is 1. The van der Waals surface area contributed by atoms with Gasteiger partial charge in [0.05, 0.1) is 29.3 Å². The average Bonchev–Trinajstić information content (AvgIpc) is 3.23. The molecule has 32 heavy (non-hydrogen) atoms. The van der Waals surface area contributed by atoms with Crippen molar-refractivity contribution in [2.24, 2.45) is 5.92 Å². The molecule has 4 aromatic rings. The van der Waals surface area contributed by atoms with E-state index in [-0.39, 0.29) is 17.4 Å². The summed E-state index contributed by atoms with van der Waals surface area (Å²) in [5.41, 5.74) is 2.87. The Balaban J connectivity index is 1.57. The topological polar surface area (TPSA) is 86.0 Å². The van der Waals surface area contributed by atoms with Crippen LogP contribution in [0, 0.1) is 11.7 Å². The number of aromatic nitrogens is 3. The van der Waals surface area contributed by atoms with Gasteiger partial charge in [0.15, 0.2) is 11.6 Å². The zero-order chi connectivity index (χ0) is 21.8. The van der Waals surface area contributed by atoms with Crippen molar-refractivity contribution >= 4 is 27.6 Å². The average molecular weight is 433 g/mol. The molecule has 0 aliphatic carbocycles. The zero-order valence-electron chi connectivity index (χ0n) is 17.7. The molecule has 3 saturated heterocycles. The molecule has 7 nitrogen and oxygen atoms in total. The van der Waals surface area contributed by atoms with Gasteiger partial charge in [0, 0.05) is 24.0 Å². The number of fused-ring (bicyclic) bond motifs is 5. The number of pyridine rings is 1. The van der Waals surface area contributed by atoms with Crippen molar-refractivity contribution in [3.63, 3.8) is 0 Å². The van der Waals surface area contributed by atoms with Crippen molar-refractivity contribution in [1.82, 2.24) is 19.9 Å². The molecule has 3 fully saturated rings. The molecule has 7 rings (SSSR count). The van der Waals surface area contributed by atoms with E-state index in [0.717, 1.165) is 43.5 Å². The van der Waals surface area contributed by atoms with Crippen LogP contribution in [0.15, 0.2) is 41.2 Å². The number of benzene rings is 2. The van der Waals surface area contributed by atoms with Crippen LogP contribution in [-0.4, -0.2) is 52.6 Å². The molecule has 3 N–H and O–H groups in total. The largest absolute Gasteiger partial charge is 0.494 e. The van der Waals surface area contributed by atoms with Crippen molar-refractivity contribution < 1.29 is 9.13 Å². The lowest BCUT2D eigenvalue weighted by Crippen LogP contribution is -2.53. The molecule has 1 atom stereocenters. The van der Waals surface area contributed by atoms with Gasteiger partial charge in [-0.05, 0) is 50.0 Å². The van der Waals surface area contributed by atoms with Gasteiger partial charge in [0.2, 0.25) is 0 Å². The van der Waals surface area contributed by atoms with Gasteiger partial charge >= 0.3 is 0 Å². The van der Waals surface area contributed by atoms with Gasteiger partial charge in [-0.2, -0.15) is 0 Å². The summed E-state index contributed by atoms with van der Waals surface area (Å²) in [7, 11) is 1.41. The van der Waals surface area contributed by atoms with Crippen molar-refractivity contribution in [3.8, 4) is 17.1 Å². The van der Waals surface area contributed by atoms with Crippen LogP contribution in [0.4, 0.5) is 10.1 Å². The highest BCUT2D eigenvalue weighted by Crippen LogP contribution is 2.37. The summed E-state index contributed by atoms with van der Waals surface area (Å²) in [6, 6.07) is 10.8. The molecule has 5 heterocycles.